The molecule has 4 nitrogen and oxygen atoms in total. The zero-order chi connectivity index (χ0) is 16.9. The molecule has 2 aromatic carbocycles. The normalized spacial score (nSPS) is 11.0. The molecular weight excluding hydrogens is 307 g/mol. The second-order valence-electron chi connectivity index (χ2n) is 5.34. The summed E-state index contributed by atoms with van der Waals surface area (Å²) in [6.07, 6.45) is 5.01. The predicted octanol–water partition coefficient (Wildman–Crippen LogP) is 3.90. The third-order valence-electron chi connectivity index (χ3n) is 3.55. The Morgan fingerprint density at radius 3 is 2.50 bits per heavy atom. The van der Waals surface area contributed by atoms with E-state index < -0.39 is 5.97 Å². The highest BCUT2D eigenvalue weighted by atomic mass is 19.1. The van der Waals surface area contributed by atoms with Crippen molar-refractivity contribution in [2.24, 2.45) is 0 Å². The second-order valence-corrected chi connectivity index (χ2v) is 5.34. The smallest absolute Gasteiger partial charge is 0.328 e. The van der Waals surface area contributed by atoms with E-state index in [9.17, 15) is 9.18 Å². The molecular formula is C19H15FN2O2. The minimum absolute atomic E-state index is 0.268. The lowest BCUT2D eigenvalue weighted by atomic mass is 10.1. The number of rotatable bonds is 5. The molecule has 0 aliphatic rings. The van der Waals surface area contributed by atoms with Crippen molar-refractivity contribution in [3.8, 4) is 11.3 Å². The molecule has 1 heterocycles. The highest BCUT2D eigenvalue weighted by Crippen LogP contribution is 2.18. The van der Waals surface area contributed by atoms with Gasteiger partial charge in [0, 0.05) is 12.5 Å². The van der Waals surface area contributed by atoms with Crippen LogP contribution in [-0.2, 0) is 11.2 Å². The van der Waals surface area contributed by atoms with Gasteiger partial charge in [0.2, 0.25) is 0 Å². The van der Waals surface area contributed by atoms with E-state index in [1.165, 1.54) is 12.1 Å². The van der Waals surface area contributed by atoms with Gasteiger partial charge in [-0.05, 0) is 47.0 Å². The Balaban J connectivity index is 1.70. The van der Waals surface area contributed by atoms with Crippen LogP contribution in [0.2, 0.25) is 0 Å². The highest BCUT2D eigenvalue weighted by Gasteiger charge is 2.05. The van der Waals surface area contributed by atoms with E-state index in [0.29, 0.717) is 6.42 Å². The zero-order valence-corrected chi connectivity index (χ0v) is 12.7. The molecule has 0 fully saturated rings. The molecule has 3 aromatic rings. The Labute approximate surface area is 138 Å². The topological polar surface area (TPSA) is 66.0 Å². The molecule has 0 unspecified atom stereocenters. The van der Waals surface area contributed by atoms with Gasteiger partial charge in [0.1, 0.15) is 11.6 Å². The predicted molar refractivity (Wildman–Crippen MR) is 89.9 cm³/mol. The number of carboxylic acid groups (broad SMARTS) is 1. The Bertz CT molecular complexity index is 865. The molecule has 0 aliphatic heterocycles. The Hall–Kier alpha value is -3.21. The number of nitrogens with one attached hydrogen (secondary N) is 1. The van der Waals surface area contributed by atoms with E-state index in [2.05, 4.69) is 9.97 Å². The molecule has 24 heavy (non-hydrogen) atoms. The number of benzene rings is 2. The number of aromatic nitrogens is 2. The lowest BCUT2D eigenvalue weighted by Crippen LogP contribution is -1.91. The van der Waals surface area contributed by atoms with Crippen LogP contribution in [0.4, 0.5) is 4.39 Å². The lowest BCUT2D eigenvalue weighted by Gasteiger charge is -2.00. The second kappa shape index (κ2) is 6.91. The van der Waals surface area contributed by atoms with Gasteiger partial charge < -0.3 is 10.1 Å². The summed E-state index contributed by atoms with van der Waals surface area (Å²) in [6, 6.07) is 13.8. The largest absolute Gasteiger partial charge is 0.478 e. The van der Waals surface area contributed by atoms with Crippen molar-refractivity contribution in [3.63, 3.8) is 0 Å². The summed E-state index contributed by atoms with van der Waals surface area (Å²) in [4.78, 5) is 18.1. The molecule has 0 spiro atoms. The number of hydrogen-bond donors (Lipinski definition) is 2. The average Bonchev–Trinajstić information content (AvgIpc) is 3.03. The summed E-state index contributed by atoms with van der Waals surface area (Å²) in [5, 5.41) is 8.62. The number of aromatic amines is 1. The molecule has 3 rings (SSSR count). The third-order valence-corrected chi connectivity index (χ3v) is 3.55. The molecule has 0 saturated carbocycles. The van der Waals surface area contributed by atoms with Crippen molar-refractivity contribution in [1.29, 1.82) is 0 Å². The molecule has 0 amide bonds. The van der Waals surface area contributed by atoms with Gasteiger partial charge in [-0.1, -0.05) is 24.3 Å². The zero-order valence-electron chi connectivity index (χ0n) is 12.7. The van der Waals surface area contributed by atoms with Crippen molar-refractivity contribution < 1.29 is 14.3 Å². The quantitative estimate of drug-likeness (QED) is 0.700. The van der Waals surface area contributed by atoms with Crippen LogP contribution in [0, 0.1) is 5.82 Å². The maximum absolute atomic E-state index is 13.0. The molecule has 1 aromatic heterocycles. The van der Waals surface area contributed by atoms with E-state index >= 15 is 0 Å². The summed E-state index contributed by atoms with van der Waals surface area (Å²) < 4.78 is 13.0. The maximum Gasteiger partial charge on any atom is 0.328 e. The molecule has 0 aliphatic carbocycles. The minimum Gasteiger partial charge on any atom is -0.478 e. The number of H-pyrrole nitrogens is 1. The lowest BCUT2D eigenvalue weighted by molar-refractivity contribution is -0.131. The van der Waals surface area contributed by atoms with E-state index in [0.717, 1.165) is 34.3 Å². The first kappa shape index (κ1) is 15.7. The molecule has 0 atom stereocenters. The van der Waals surface area contributed by atoms with Gasteiger partial charge in [-0.25, -0.2) is 14.2 Å². The van der Waals surface area contributed by atoms with Crippen LogP contribution in [0.25, 0.3) is 17.3 Å². The van der Waals surface area contributed by atoms with Crippen LogP contribution in [0.3, 0.4) is 0 Å². The SMILES string of the molecule is O=C(O)C=Cc1ccc(Cc2ncc(-c3ccc(F)cc3)[nH]2)cc1. The minimum atomic E-state index is -0.969. The van der Waals surface area contributed by atoms with E-state index in [1.54, 1.807) is 24.4 Å². The monoisotopic (exact) mass is 322 g/mol. The maximum atomic E-state index is 13.0. The van der Waals surface area contributed by atoms with Crippen LogP contribution >= 0.6 is 0 Å². The fourth-order valence-corrected chi connectivity index (χ4v) is 2.34. The van der Waals surface area contributed by atoms with Crippen LogP contribution in [-0.4, -0.2) is 21.0 Å². The highest BCUT2D eigenvalue weighted by molar-refractivity contribution is 5.85. The number of hydrogen-bond acceptors (Lipinski definition) is 2. The number of carboxylic acids is 1. The summed E-state index contributed by atoms with van der Waals surface area (Å²) in [5.74, 6) is -0.429. The number of aliphatic carboxylic acids is 1. The van der Waals surface area contributed by atoms with Crippen LogP contribution in [0.1, 0.15) is 17.0 Å². The van der Waals surface area contributed by atoms with Gasteiger partial charge >= 0.3 is 5.97 Å². The molecule has 120 valence electrons. The Morgan fingerprint density at radius 1 is 1.12 bits per heavy atom. The third kappa shape index (κ3) is 3.95. The Kier molecular flexibility index (Phi) is 4.52. The summed E-state index contributed by atoms with van der Waals surface area (Å²) in [5.41, 5.74) is 3.60. The number of imidazole rings is 1. The first-order valence-corrected chi connectivity index (χ1v) is 7.40. The summed E-state index contributed by atoms with van der Waals surface area (Å²) in [7, 11) is 0. The molecule has 2 N–H and O–H groups in total. The van der Waals surface area contributed by atoms with Crippen molar-refractivity contribution in [2.75, 3.05) is 0 Å². The van der Waals surface area contributed by atoms with Gasteiger partial charge in [0.25, 0.3) is 0 Å². The van der Waals surface area contributed by atoms with E-state index in [1.807, 2.05) is 24.3 Å². The first-order chi connectivity index (χ1) is 11.6. The van der Waals surface area contributed by atoms with Gasteiger partial charge in [-0.15, -0.1) is 0 Å². The van der Waals surface area contributed by atoms with Gasteiger partial charge in [-0.3, -0.25) is 0 Å². The number of halogens is 1. The van der Waals surface area contributed by atoms with Gasteiger partial charge in [0.05, 0.1) is 11.9 Å². The number of nitrogens with zero attached hydrogens (tertiary/aromatic N) is 1. The van der Waals surface area contributed by atoms with Crippen LogP contribution in [0.15, 0.2) is 60.8 Å². The van der Waals surface area contributed by atoms with Crippen molar-refractivity contribution in [2.45, 2.75) is 6.42 Å². The fraction of sp³-hybridized carbons (Fsp3) is 0.0526. The standard InChI is InChI=1S/C19H15FN2O2/c20-16-8-6-15(7-9-16)17-12-21-18(22-17)11-14-3-1-13(2-4-14)5-10-19(23)24/h1-10,12H,11H2,(H,21,22)(H,23,24). The van der Waals surface area contributed by atoms with Crippen molar-refractivity contribution in [1.82, 2.24) is 9.97 Å². The van der Waals surface area contributed by atoms with Gasteiger partial charge in [-0.2, -0.15) is 0 Å². The molecule has 0 saturated heterocycles. The van der Waals surface area contributed by atoms with Crippen molar-refractivity contribution in [3.05, 3.63) is 83.6 Å². The van der Waals surface area contributed by atoms with E-state index in [-0.39, 0.29) is 5.82 Å². The van der Waals surface area contributed by atoms with E-state index in [4.69, 9.17) is 5.11 Å². The first-order valence-electron chi connectivity index (χ1n) is 7.40. The van der Waals surface area contributed by atoms with Crippen LogP contribution in [0.5, 0.6) is 0 Å². The van der Waals surface area contributed by atoms with Gasteiger partial charge in [0.15, 0.2) is 0 Å². The average molecular weight is 322 g/mol. The fourth-order valence-electron chi connectivity index (χ4n) is 2.34. The van der Waals surface area contributed by atoms with Crippen LogP contribution < -0.4 is 0 Å². The van der Waals surface area contributed by atoms with Crippen molar-refractivity contribution >= 4 is 12.0 Å². The molecule has 0 bridgehead atoms. The molecule has 5 heteroatoms. The summed E-state index contributed by atoms with van der Waals surface area (Å²) >= 11 is 0. The number of carbonyl (C=O) groups is 1. The Morgan fingerprint density at radius 2 is 1.83 bits per heavy atom. The molecule has 0 radical (unpaired) electrons. The summed E-state index contributed by atoms with van der Waals surface area (Å²) in [6.45, 7) is 0.